The molecule has 94 valence electrons. The van der Waals surface area contributed by atoms with E-state index in [0.29, 0.717) is 17.9 Å². The van der Waals surface area contributed by atoms with Crippen LogP contribution in [0.4, 0.5) is 0 Å². The van der Waals surface area contributed by atoms with Crippen LogP contribution in [0.3, 0.4) is 0 Å². The van der Waals surface area contributed by atoms with Crippen LogP contribution < -0.4 is 5.48 Å². The van der Waals surface area contributed by atoms with E-state index in [1.165, 1.54) is 0 Å². The van der Waals surface area contributed by atoms with E-state index in [4.69, 9.17) is 4.84 Å². The second-order valence-corrected chi connectivity index (χ2v) is 4.87. The maximum atomic E-state index is 11.8. The van der Waals surface area contributed by atoms with E-state index in [2.05, 4.69) is 31.2 Å². The van der Waals surface area contributed by atoms with Crippen LogP contribution in [0.15, 0.2) is 18.3 Å². The highest BCUT2D eigenvalue weighted by Crippen LogP contribution is 2.19. The molecule has 1 N–H and O–H groups in total. The van der Waals surface area contributed by atoms with E-state index in [1.807, 2.05) is 0 Å². The van der Waals surface area contributed by atoms with Crippen LogP contribution in [0.5, 0.6) is 0 Å². The van der Waals surface area contributed by atoms with Crippen molar-refractivity contribution in [3.63, 3.8) is 0 Å². The summed E-state index contributed by atoms with van der Waals surface area (Å²) < 4.78 is 0. The van der Waals surface area contributed by atoms with Crippen molar-refractivity contribution in [3.05, 3.63) is 29.6 Å². The Bertz CT molecular complexity index is 389. The van der Waals surface area contributed by atoms with Gasteiger partial charge in [-0.25, -0.2) is 5.48 Å². The fourth-order valence-corrected chi connectivity index (χ4v) is 1.18. The third-order valence-corrected chi connectivity index (χ3v) is 2.84. The minimum absolute atomic E-state index is 0.0667. The molecule has 1 aromatic heterocycles. The lowest BCUT2D eigenvalue weighted by Crippen LogP contribution is -2.30. The zero-order valence-corrected chi connectivity index (χ0v) is 10.9. The third-order valence-electron chi connectivity index (χ3n) is 2.84. The molecule has 0 saturated heterocycles. The fraction of sp³-hybridized carbons (Fsp3) is 0.538. The molecular weight excluding hydrogens is 216 g/mol. The number of hydrogen-bond acceptors (Lipinski definition) is 3. The van der Waals surface area contributed by atoms with Crippen LogP contribution >= 0.6 is 0 Å². The number of carbonyl (C=O) groups excluding carboxylic acids is 1. The van der Waals surface area contributed by atoms with Crippen molar-refractivity contribution < 1.29 is 9.63 Å². The highest BCUT2D eigenvalue weighted by Gasteiger charge is 2.16. The predicted octanol–water partition coefficient (Wildman–Crippen LogP) is 2.49. The molecule has 1 aromatic rings. The summed E-state index contributed by atoms with van der Waals surface area (Å²) in [5.74, 6) is -0.248. The molecule has 1 amide bonds. The summed E-state index contributed by atoms with van der Waals surface area (Å²) in [5.41, 5.74) is 3.76. The molecule has 0 aliphatic carbocycles. The molecular formula is C13H20N2O2. The minimum Gasteiger partial charge on any atom is -0.273 e. The molecule has 0 bridgehead atoms. The van der Waals surface area contributed by atoms with Crippen molar-refractivity contribution in [1.82, 2.24) is 10.5 Å². The molecule has 17 heavy (non-hydrogen) atoms. The van der Waals surface area contributed by atoms with Gasteiger partial charge in [-0.05, 0) is 30.9 Å². The molecule has 0 radical (unpaired) electrons. The van der Waals surface area contributed by atoms with E-state index in [9.17, 15) is 4.79 Å². The zero-order chi connectivity index (χ0) is 12.9. The number of rotatable bonds is 5. The van der Waals surface area contributed by atoms with Crippen LogP contribution in [0.2, 0.25) is 0 Å². The number of amides is 1. The van der Waals surface area contributed by atoms with Gasteiger partial charge in [-0.1, -0.05) is 20.8 Å². The summed E-state index contributed by atoms with van der Waals surface area (Å²) in [6.45, 7) is 8.57. The van der Waals surface area contributed by atoms with Crippen molar-refractivity contribution in [2.75, 3.05) is 6.61 Å². The summed E-state index contributed by atoms with van der Waals surface area (Å²) in [7, 11) is 0. The second-order valence-electron chi connectivity index (χ2n) is 4.87. The van der Waals surface area contributed by atoms with Gasteiger partial charge in [-0.2, -0.15) is 0 Å². The number of hydroxylamine groups is 1. The van der Waals surface area contributed by atoms with Gasteiger partial charge in [0.1, 0.15) is 0 Å². The van der Waals surface area contributed by atoms with Crippen molar-refractivity contribution in [2.24, 2.45) is 5.41 Å². The largest absolute Gasteiger partial charge is 0.276 e. The number of nitrogens with zero attached hydrogens (tertiary/aromatic N) is 1. The molecule has 0 saturated carbocycles. The van der Waals surface area contributed by atoms with Crippen LogP contribution in [0, 0.1) is 12.3 Å². The maximum absolute atomic E-state index is 11.8. The van der Waals surface area contributed by atoms with E-state index in [1.54, 1.807) is 25.3 Å². The summed E-state index contributed by atoms with van der Waals surface area (Å²) >= 11 is 0. The lowest BCUT2D eigenvalue weighted by Gasteiger charge is -2.21. The molecule has 1 rings (SSSR count). The third kappa shape index (κ3) is 4.15. The van der Waals surface area contributed by atoms with E-state index in [-0.39, 0.29) is 11.3 Å². The average molecular weight is 236 g/mol. The van der Waals surface area contributed by atoms with E-state index in [0.717, 1.165) is 6.42 Å². The number of nitrogens with one attached hydrogen (secondary N) is 1. The minimum atomic E-state index is -0.248. The Morgan fingerprint density at radius 2 is 2.24 bits per heavy atom. The first-order chi connectivity index (χ1) is 7.96. The number of aromatic nitrogens is 1. The standard InChI is InChI=1S/C13H20N2O2/c1-5-13(3,4)9-17-15-12(16)11-7-6-8-14-10(11)2/h6-8H,5,9H2,1-4H3,(H,15,16). The van der Waals surface area contributed by atoms with Gasteiger partial charge < -0.3 is 0 Å². The van der Waals surface area contributed by atoms with Crippen LogP contribution in [-0.2, 0) is 4.84 Å². The predicted molar refractivity (Wildman–Crippen MR) is 66.5 cm³/mol. The van der Waals surface area contributed by atoms with E-state index < -0.39 is 0 Å². The van der Waals surface area contributed by atoms with Gasteiger partial charge >= 0.3 is 0 Å². The van der Waals surface area contributed by atoms with Crippen molar-refractivity contribution >= 4 is 5.91 Å². The summed E-state index contributed by atoms with van der Waals surface area (Å²) in [6.07, 6.45) is 2.65. The van der Waals surface area contributed by atoms with Crippen LogP contribution in [0.1, 0.15) is 43.2 Å². The molecule has 0 fully saturated rings. The number of carbonyl (C=O) groups is 1. The first kappa shape index (κ1) is 13.6. The lowest BCUT2D eigenvalue weighted by molar-refractivity contribution is -0.00416. The Morgan fingerprint density at radius 1 is 1.53 bits per heavy atom. The molecule has 0 spiro atoms. The second kappa shape index (κ2) is 5.77. The smallest absolute Gasteiger partial charge is 0.273 e. The SMILES string of the molecule is CCC(C)(C)CONC(=O)c1cccnc1C. The monoisotopic (exact) mass is 236 g/mol. The number of pyridine rings is 1. The Labute approximate surface area is 102 Å². The van der Waals surface area contributed by atoms with Gasteiger partial charge in [0, 0.05) is 6.20 Å². The normalized spacial score (nSPS) is 11.3. The summed E-state index contributed by atoms with van der Waals surface area (Å²) in [4.78, 5) is 21.1. The van der Waals surface area contributed by atoms with Gasteiger partial charge in [0.25, 0.3) is 5.91 Å². The molecule has 0 aliphatic heterocycles. The quantitative estimate of drug-likeness (QED) is 0.799. The molecule has 4 nitrogen and oxygen atoms in total. The summed E-state index contributed by atoms with van der Waals surface area (Å²) in [5, 5.41) is 0. The first-order valence-electron chi connectivity index (χ1n) is 5.80. The van der Waals surface area contributed by atoms with E-state index >= 15 is 0 Å². The maximum Gasteiger partial charge on any atom is 0.276 e. The molecule has 4 heteroatoms. The fourth-order valence-electron chi connectivity index (χ4n) is 1.18. The number of aryl methyl sites for hydroxylation is 1. The van der Waals surface area contributed by atoms with Gasteiger partial charge in [0.15, 0.2) is 0 Å². The van der Waals surface area contributed by atoms with Gasteiger partial charge in [-0.3, -0.25) is 14.6 Å². The molecule has 0 atom stereocenters. The number of hydrogen-bond donors (Lipinski definition) is 1. The Morgan fingerprint density at radius 3 is 2.82 bits per heavy atom. The first-order valence-corrected chi connectivity index (χ1v) is 5.80. The highest BCUT2D eigenvalue weighted by atomic mass is 16.7. The van der Waals surface area contributed by atoms with Crippen molar-refractivity contribution in [3.8, 4) is 0 Å². The lowest BCUT2D eigenvalue weighted by atomic mass is 9.92. The Kier molecular flexibility index (Phi) is 4.63. The van der Waals surface area contributed by atoms with Crippen LogP contribution in [0.25, 0.3) is 0 Å². The molecule has 0 aliphatic rings. The Balaban J connectivity index is 2.49. The Hall–Kier alpha value is -1.42. The molecule has 0 aromatic carbocycles. The summed E-state index contributed by atoms with van der Waals surface area (Å²) in [6, 6.07) is 3.46. The van der Waals surface area contributed by atoms with Crippen LogP contribution in [-0.4, -0.2) is 17.5 Å². The molecule has 1 heterocycles. The van der Waals surface area contributed by atoms with Crippen molar-refractivity contribution in [2.45, 2.75) is 34.1 Å². The average Bonchev–Trinajstić information content (AvgIpc) is 2.29. The van der Waals surface area contributed by atoms with Crippen molar-refractivity contribution in [1.29, 1.82) is 0 Å². The topological polar surface area (TPSA) is 51.2 Å². The zero-order valence-electron chi connectivity index (χ0n) is 10.9. The van der Waals surface area contributed by atoms with Gasteiger partial charge in [0.05, 0.1) is 17.9 Å². The molecule has 0 unspecified atom stereocenters. The highest BCUT2D eigenvalue weighted by molar-refractivity contribution is 5.94. The van der Waals surface area contributed by atoms with Gasteiger partial charge in [0.2, 0.25) is 0 Å². The van der Waals surface area contributed by atoms with Gasteiger partial charge in [-0.15, -0.1) is 0 Å².